The van der Waals surface area contributed by atoms with Crippen molar-refractivity contribution in [2.24, 2.45) is 17.4 Å². The first-order chi connectivity index (χ1) is 47.2. The number of halogens is 2. The summed E-state index contributed by atoms with van der Waals surface area (Å²) in [5.41, 5.74) is 8.82. The average Bonchev–Trinajstić information content (AvgIpc) is 0.774. The minimum atomic E-state index is -2.29. The molecule has 0 aliphatic carbocycles. The van der Waals surface area contributed by atoms with Crippen molar-refractivity contribution in [1.82, 2.24) is 37.2 Å². The van der Waals surface area contributed by atoms with Crippen molar-refractivity contribution in [3.05, 3.63) is 117 Å². The summed E-state index contributed by atoms with van der Waals surface area (Å²) < 4.78 is 38.4. The van der Waals surface area contributed by atoms with E-state index in [0.29, 0.717) is 0 Å². The Bertz CT molecular complexity index is 4030. The smallest absolute Gasteiger partial charge is 0.330 e. The Morgan fingerprint density at radius 1 is 0.740 bits per heavy atom. The first kappa shape index (κ1) is 73.6. The topological polar surface area (TPSA) is 510 Å². The van der Waals surface area contributed by atoms with Crippen LogP contribution in [0.2, 0.25) is 10.0 Å². The van der Waals surface area contributed by atoms with E-state index in [9.17, 15) is 69.9 Å². The number of primary amides is 1. The number of phenolic OH excluding ortho intramolecular Hbond substituents is 3. The van der Waals surface area contributed by atoms with Crippen molar-refractivity contribution >= 4 is 70.5 Å². The number of rotatable bonds is 13. The summed E-state index contributed by atoms with van der Waals surface area (Å²) in [5, 5.41) is 119. The van der Waals surface area contributed by atoms with Crippen molar-refractivity contribution in [2.75, 3.05) is 13.7 Å². The van der Waals surface area contributed by atoms with E-state index in [-0.39, 0.29) is 57.0 Å². The molecule has 17 atom stereocenters. The molecule has 20 N–H and O–H groups in total. The molecule has 100 heavy (non-hydrogen) atoms. The second-order valence-corrected chi connectivity index (χ2v) is 26.4. The van der Waals surface area contributed by atoms with Crippen LogP contribution in [-0.2, 0) is 59.0 Å². The van der Waals surface area contributed by atoms with E-state index in [4.69, 9.17) is 63.1 Å². The summed E-state index contributed by atoms with van der Waals surface area (Å²) in [7, 11) is 1.48. The number of phenols is 3. The highest BCUT2D eigenvalue weighted by molar-refractivity contribution is 6.32. The van der Waals surface area contributed by atoms with Gasteiger partial charge in [0.15, 0.2) is 29.9 Å². The zero-order valence-corrected chi connectivity index (χ0v) is 55.5. The number of ether oxygens (including phenoxy) is 6. The number of nitrogens with one attached hydrogen (secondary N) is 7. The summed E-state index contributed by atoms with van der Waals surface area (Å²) >= 11 is 14.2. The number of hydrogen-bond acceptors (Lipinski definition) is 24. The zero-order valence-electron chi connectivity index (χ0n) is 54.0. The molecule has 0 unspecified atom stereocenters. The Morgan fingerprint density at radius 2 is 1.38 bits per heavy atom. The number of amides is 7. The molecule has 0 spiro atoms. The van der Waals surface area contributed by atoms with Gasteiger partial charge >= 0.3 is 5.97 Å². The predicted molar refractivity (Wildman–Crippen MR) is 348 cm³/mol. The fourth-order valence-electron chi connectivity index (χ4n) is 12.5. The molecule has 2 fully saturated rings. The number of carbonyl (C=O) groups excluding carboxylic acids is 7. The Balaban J connectivity index is 1.23. The fourth-order valence-corrected chi connectivity index (χ4v) is 12.9. The molecule has 0 radical (unpaired) electrons. The highest BCUT2D eigenvalue weighted by Crippen LogP contribution is 2.49. The highest BCUT2D eigenvalue weighted by Gasteiger charge is 2.51. The predicted octanol–water partition coefficient (Wildman–Crippen LogP) is 0.615. The second kappa shape index (κ2) is 30.0. The highest BCUT2D eigenvalue weighted by atomic mass is 35.5. The van der Waals surface area contributed by atoms with Gasteiger partial charge in [-0.05, 0) is 110 Å². The van der Waals surface area contributed by atoms with E-state index in [1.807, 2.05) is 13.8 Å². The SMILES string of the molecule is CN[C@H](CC(C)C)C(=O)N[C@H]1C(=O)N[C@@H](CC(N)=O)C(=O)N[C@H]2C(=O)N[C@H]3C(=O)N[C@@H](Cc4ccc(c(Cl)c4)Oc4cc2cc(c4O[C@@H]2O[C@H](CO)[C@@H](O)[C@H](O)[C@H]2O[C@H]2C[C@](C)(N)[C@H](O)[C@H](C)O2)Oc2ccc(cc2Cl)[C@H]1O)C(=O)N[C@H](C(=O)O)c1cc(O)cc(O)c1-c1cc3ccc1O. The average molecular weight is 1430 g/mol. The van der Waals surface area contributed by atoms with Gasteiger partial charge in [-0.15, -0.1) is 0 Å². The molecule has 2 saturated heterocycles. The Labute approximate surface area is 579 Å². The van der Waals surface area contributed by atoms with Crippen molar-refractivity contribution in [3.63, 3.8) is 0 Å². The molecule has 536 valence electrons. The molecule has 7 aliphatic rings. The molecule has 34 heteroatoms. The van der Waals surface area contributed by atoms with Crippen LogP contribution in [0.3, 0.4) is 0 Å². The van der Waals surface area contributed by atoms with Gasteiger partial charge in [-0.25, -0.2) is 4.79 Å². The van der Waals surface area contributed by atoms with Gasteiger partial charge in [-0.3, -0.25) is 33.6 Å². The first-order valence-corrected chi connectivity index (χ1v) is 32.3. The zero-order chi connectivity index (χ0) is 72.7. The number of nitrogens with two attached hydrogens (primary N) is 2. The number of carboxylic acid groups (broad SMARTS) is 1. The number of hydrogen-bond donors (Lipinski definition) is 18. The van der Waals surface area contributed by atoms with Crippen molar-refractivity contribution in [3.8, 4) is 57.1 Å². The quantitative estimate of drug-likeness (QED) is 0.0768. The van der Waals surface area contributed by atoms with E-state index >= 15 is 14.4 Å². The van der Waals surface area contributed by atoms with E-state index in [1.54, 1.807) is 0 Å². The molecule has 32 nitrogen and oxygen atoms in total. The third-order valence-corrected chi connectivity index (χ3v) is 18.2. The van der Waals surface area contributed by atoms with E-state index < -0.39 is 227 Å². The summed E-state index contributed by atoms with van der Waals surface area (Å²) in [6, 6.07) is 1.18. The fraction of sp³-hybridized carbons (Fsp3) is 0.424. The number of aromatic hydroxyl groups is 3. The van der Waals surface area contributed by atoms with Crippen LogP contribution in [0, 0.1) is 5.92 Å². The molecule has 7 heterocycles. The molecule has 5 aromatic rings. The summed E-state index contributed by atoms with van der Waals surface area (Å²) in [6.07, 6.45) is -16.6. The van der Waals surface area contributed by atoms with Crippen LogP contribution in [0.1, 0.15) is 99.0 Å². The Hall–Kier alpha value is -9.16. The second-order valence-electron chi connectivity index (χ2n) is 25.6. The van der Waals surface area contributed by atoms with Gasteiger partial charge in [0.2, 0.25) is 53.4 Å². The lowest BCUT2D eigenvalue weighted by Crippen LogP contribution is -2.64. The lowest BCUT2D eigenvalue weighted by molar-refractivity contribution is -0.333. The number of aliphatic hydroxyl groups is 5. The number of carboxylic acids is 1. The van der Waals surface area contributed by atoms with Crippen LogP contribution >= 0.6 is 23.2 Å². The molecular formula is C66H75Cl2N9O23. The summed E-state index contributed by atoms with van der Waals surface area (Å²) in [4.78, 5) is 117. The van der Waals surface area contributed by atoms with Gasteiger partial charge in [0.25, 0.3) is 0 Å². The number of likely N-dealkylation sites (N-methyl/N-ethyl adjacent to an activating group) is 1. The standard InChI is InChI=1S/C66H75Cl2N9O23/c1-24(2)12-35(71-5)58(87)77-51-52(83)28-8-11-41(34(68)16-28)97-43-18-29-17-42(55(43)100-65-56(54(85)53(84)44(23-78)98-65)99-46-22-66(4,70)57(86)25(3)95-46)96-40-10-6-26(13-33(40)67)14-36-59(88)76-50(64(93)94)32-19-30(79)20-39(81)47(32)31-15-27(7-9-38(31)80)48(61(90)72-36)75-62(91)49(29)74-60(89)37(21-45(69)82)73-63(51)92/h6-11,13,15-20,24-25,35-37,44,46,48-54,56-57,65,71,78-81,83-86H,12,14,21-23,70H2,1-5H3,(H2,69,82)(H,72,90)(H,73,92)(H,74,89)(H,75,91)(H,76,88)(H,77,87)(H,93,94)/t25-,35+,36-,37-,44+,46-,48+,49+,50-,51+,52+,53+,54-,56+,57+,65-,66-/m0/s1. The first-order valence-electron chi connectivity index (χ1n) is 31.5. The Morgan fingerprint density at radius 3 is 2.00 bits per heavy atom. The molecule has 0 aromatic heterocycles. The lowest BCUT2D eigenvalue weighted by atomic mass is 9.86. The van der Waals surface area contributed by atoms with Crippen LogP contribution in [-0.4, -0.2) is 186 Å². The molecule has 7 aliphatic heterocycles. The number of aliphatic hydroxyl groups excluding tert-OH is 5. The van der Waals surface area contributed by atoms with Gasteiger partial charge in [0.1, 0.15) is 83.4 Å². The van der Waals surface area contributed by atoms with Crippen LogP contribution in [0.15, 0.2) is 78.9 Å². The van der Waals surface area contributed by atoms with Crippen molar-refractivity contribution in [2.45, 2.75) is 157 Å². The Kier molecular flexibility index (Phi) is 22.0. The molecule has 7 amide bonds. The number of fused-ring (bicyclic) bond motifs is 15. The summed E-state index contributed by atoms with van der Waals surface area (Å²) in [5.74, 6) is -14.9. The third kappa shape index (κ3) is 15.7. The molecular weight excluding hydrogens is 1360 g/mol. The van der Waals surface area contributed by atoms with E-state index in [2.05, 4.69) is 37.2 Å². The minimum absolute atomic E-state index is 0.0863. The number of benzene rings is 5. The van der Waals surface area contributed by atoms with Gasteiger partial charge in [0.05, 0.1) is 41.3 Å². The molecule has 12 rings (SSSR count). The van der Waals surface area contributed by atoms with Gasteiger partial charge in [-0.1, -0.05) is 55.2 Å². The number of carbonyl (C=O) groups is 8. The van der Waals surface area contributed by atoms with Crippen molar-refractivity contribution in [1.29, 1.82) is 0 Å². The van der Waals surface area contributed by atoms with E-state index in [0.717, 1.165) is 48.5 Å². The molecule has 5 aromatic carbocycles. The molecule has 0 saturated carbocycles. The van der Waals surface area contributed by atoms with Crippen LogP contribution in [0.5, 0.6) is 46.0 Å². The number of aliphatic carboxylic acids is 1. The van der Waals surface area contributed by atoms with Gasteiger partial charge in [-0.2, -0.15) is 0 Å². The maximum Gasteiger partial charge on any atom is 0.330 e. The van der Waals surface area contributed by atoms with Crippen LogP contribution in [0.25, 0.3) is 11.1 Å². The van der Waals surface area contributed by atoms with Crippen LogP contribution in [0.4, 0.5) is 0 Å². The van der Waals surface area contributed by atoms with Crippen LogP contribution < -0.4 is 62.9 Å². The van der Waals surface area contributed by atoms with Crippen molar-refractivity contribution < 1.29 is 113 Å². The monoisotopic (exact) mass is 1430 g/mol. The maximum absolute atomic E-state index is 16.0. The minimum Gasteiger partial charge on any atom is -0.508 e. The maximum atomic E-state index is 16.0. The normalized spacial score (nSPS) is 28.9. The lowest BCUT2D eigenvalue weighted by Gasteiger charge is -2.47. The summed E-state index contributed by atoms with van der Waals surface area (Å²) in [6.45, 7) is 5.73. The van der Waals surface area contributed by atoms with Gasteiger partial charge in [0, 0.05) is 41.1 Å². The largest absolute Gasteiger partial charge is 0.508 e. The molecule has 11 bridgehead atoms. The third-order valence-electron chi connectivity index (χ3n) is 17.6. The van der Waals surface area contributed by atoms with E-state index in [1.165, 1.54) is 51.2 Å². The van der Waals surface area contributed by atoms with Gasteiger partial charge < -0.3 is 123 Å².